The number of carbonyl (C=O) groups is 2. The third kappa shape index (κ3) is 2.98. The normalized spacial score (nSPS) is 42.9. The first-order chi connectivity index (χ1) is 13.2. The van der Waals surface area contributed by atoms with E-state index in [0.29, 0.717) is 30.6 Å². The van der Waals surface area contributed by atoms with E-state index in [4.69, 9.17) is 0 Å². The highest BCUT2D eigenvalue weighted by Gasteiger charge is 2.63. The molecule has 2 saturated carbocycles. The summed E-state index contributed by atoms with van der Waals surface area (Å²) in [6.07, 6.45) is 7.62. The van der Waals surface area contributed by atoms with Crippen molar-refractivity contribution in [3.8, 4) is 0 Å². The molecule has 4 nitrogen and oxygen atoms in total. The van der Waals surface area contributed by atoms with Crippen molar-refractivity contribution in [2.24, 2.45) is 34.5 Å². The number of carbonyl (C=O) groups excluding carboxylic acids is 2. The number of ketones is 1. The molecule has 4 aliphatic rings. The van der Waals surface area contributed by atoms with Crippen LogP contribution in [0.4, 0.5) is 0 Å². The lowest BCUT2D eigenvalue weighted by Crippen LogP contribution is -2.57. The first kappa shape index (κ1) is 20.1. The molecule has 1 saturated heterocycles. The van der Waals surface area contributed by atoms with Gasteiger partial charge in [0.2, 0.25) is 5.91 Å². The molecule has 1 N–H and O–H groups in total. The monoisotopic (exact) mass is 387 g/mol. The maximum atomic E-state index is 13.3. The number of hydrogen-bond donors (Lipinski definition) is 1. The van der Waals surface area contributed by atoms with Gasteiger partial charge in [-0.3, -0.25) is 9.59 Å². The SMILES string of the molecule is CC(C)CCCN1CC2C3CCC4=CC(=O)CC[C@]4(C)C3[C@@H](O)C[C@]2(C)C1=O. The molecule has 0 aromatic carbocycles. The third-order valence-corrected chi connectivity index (χ3v) is 8.69. The molecule has 1 aliphatic heterocycles. The van der Waals surface area contributed by atoms with E-state index in [-0.39, 0.29) is 23.0 Å². The molecule has 0 spiro atoms. The molecule has 1 amide bonds. The summed E-state index contributed by atoms with van der Waals surface area (Å²) in [6.45, 7) is 10.6. The van der Waals surface area contributed by atoms with Gasteiger partial charge >= 0.3 is 0 Å². The van der Waals surface area contributed by atoms with Gasteiger partial charge in [0, 0.05) is 19.5 Å². The van der Waals surface area contributed by atoms with Crippen LogP contribution in [-0.4, -0.2) is 40.9 Å². The predicted octanol–water partition coefficient (Wildman–Crippen LogP) is 3.97. The van der Waals surface area contributed by atoms with E-state index in [1.807, 2.05) is 6.08 Å². The second-order valence-electron chi connectivity index (χ2n) is 10.9. The molecule has 0 radical (unpaired) electrons. The summed E-state index contributed by atoms with van der Waals surface area (Å²) < 4.78 is 0. The Labute approximate surface area is 169 Å². The maximum absolute atomic E-state index is 13.3. The zero-order valence-electron chi connectivity index (χ0n) is 18.0. The van der Waals surface area contributed by atoms with Crippen molar-refractivity contribution in [3.05, 3.63) is 11.6 Å². The molecule has 4 rings (SSSR count). The Morgan fingerprint density at radius 1 is 1.21 bits per heavy atom. The highest BCUT2D eigenvalue weighted by molar-refractivity contribution is 5.91. The number of nitrogens with zero attached hydrogens (tertiary/aromatic N) is 1. The molecule has 3 fully saturated rings. The second kappa shape index (κ2) is 6.97. The number of likely N-dealkylation sites (tertiary alicyclic amines) is 1. The van der Waals surface area contributed by atoms with Crippen molar-refractivity contribution in [2.45, 2.75) is 78.7 Å². The van der Waals surface area contributed by atoms with Gasteiger partial charge in [0.1, 0.15) is 0 Å². The van der Waals surface area contributed by atoms with E-state index < -0.39 is 11.5 Å². The van der Waals surface area contributed by atoms with Crippen molar-refractivity contribution in [2.75, 3.05) is 13.1 Å². The molecular formula is C24H37NO3. The smallest absolute Gasteiger partial charge is 0.228 e. The van der Waals surface area contributed by atoms with Gasteiger partial charge in [0.05, 0.1) is 11.5 Å². The number of allylic oxidation sites excluding steroid dienone is 2. The van der Waals surface area contributed by atoms with E-state index >= 15 is 0 Å². The van der Waals surface area contributed by atoms with Gasteiger partial charge in [-0.25, -0.2) is 0 Å². The lowest BCUT2D eigenvalue weighted by Gasteiger charge is -2.58. The summed E-state index contributed by atoms with van der Waals surface area (Å²) in [4.78, 5) is 27.4. The molecule has 0 aromatic rings. The largest absolute Gasteiger partial charge is 0.393 e. The molecule has 4 heteroatoms. The van der Waals surface area contributed by atoms with Crippen LogP contribution >= 0.6 is 0 Å². The van der Waals surface area contributed by atoms with Crippen molar-refractivity contribution >= 4 is 11.7 Å². The number of rotatable bonds is 4. The minimum Gasteiger partial charge on any atom is -0.393 e. The van der Waals surface area contributed by atoms with E-state index in [9.17, 15) is 14.7 Å². The molecule has 6 atom stereocenters. The van der Waals surface area contributed by atoms with Gasteiger partial charge in [-0.1, -0.05) is 33.3 Å². The zero-order valence-corrected chi connectivity index (χ0v) is 18.0. The molecule has 0 bridgehead atoms. The topological polar surface area (TPSA) is 57.6 Å². The number of amides is 1. The fourth-order valence-electron chi connectivity index (χ4n) is 7.18. The van der Waals surface area contributed by atoms with E-state index in [1.165, 1.54) is 5.57 Å². The lowest BCUT2D eigenvalue weighted by atomic mass is 9.46. The average molecular weight is 388 g/mol. The van der Waals surface area contributed by atoms with Gasteiger partial charge in [-0.15, -0.1) is 0 Å². The van der Waals surface area contributed by atoms with E-state index in [2.05, 4.69) is 32.6 Å². The van der Waals surface area contributed by atoms with Crippen LogP contribution in [0.1, 0.15) is 72.6 Å². The molecule has 3 aliphatic carbocycles. The quantitative estimate of drug-likeness (QED) is 0.794. The summed E-state index contributed by atoms with van der Waals surface area (Å²) in [6, 6.07) is 0. The molecule has 156 valence electrons. The van der Waals surface area contributed by atoms with Crippen molar-refractivity contribution in [1.29, 1.82) is 0 Å². The minimum absolute atomic E-state index is 0.0777. The van der Waals surface area contributed by atoms with Gasteiger partial charge in [0.25, 0.3) is 0 Å². The first-order valence-electron chi connectivity index (χ1n) is 11.4. The summed E-state index contributed by atoms with van der Waals surface area (Å²) in [7, 11) is 0. The fourth-order valence-corrected chi connectivity index (χ4v) is 7.18. The number of hydrogen-bond acceptors (Lipinski definition) is 3. The second-order valence-corrected chi connectivity index (χ2v) is 10.9. The van der Waals surface area contributed by atoms with Crippen LogP contribution in [0.2, 0.25) is 0 Å². The Morgan fingerprint density at radius 2 is 1.96 bits per heavy atom. The van der Waals surface area contributed by atoms with Crippen LogP contribution < -0.4 is 0 Å². The Hall–Kier alpha value is -1.16. The number of aliphatic hydroxyl groups is 1. The Balaban J connectivity index is 1.59. The lowest BCUT2D eigenvalue weighted by molar-refractivity contribution is -0.150. The summed E-state index contributed by atoms with van der Waals surface area (Å²) >= 11 is 0. The van der Waals surface area contributed by atoms with Crippen LogP contribution in [-0.2, 0) is 9.59 Å². The van der Waals surface area contributed by atoms with Gasteiger partial charge in [-0.05, 0) is 73.7 Å². The van der Waals surface area contributed by atoms with E-state index in [1.54, 1.807) is 0 Å². The van der Waals surface area contributed by atoms with Crippen LogP contribution in [0.5, 0.6) is 0 Å². The van der Waals surface area contributed by atoms with Crippen LogP contribution in [0.25, 0.3) is 0 Å². The Morgan fingerprint density at radius 3 is 2.68 bits per heavy atom. The summed E-state index contributed by atoms with van der Waals surface area (Å²) in [5.41, 5.74) is 0.761. The zero-order chi connectivity index (χ0) is 20.3. The van der Waals surface area contributed by atoms with Crippen molar-refractivity contribution in [3.63, 3.8) is 0 Å². The Bertz CT molecular complexity index is 698. The standard InChI is InChI=1S/C24H37NO3/c1-15(2)6-5-11-25-14-19-18-8-7-16-12-17(26)9-10-23(16,3)21(18)20(27)13-24(19,4)22(25)28/h12,15,18-21,27H,5-11,13-14H2,1-4H3/t18?,19?,20-,21?,23-,24-/m0/s1. The van der Waals surface area contributed by atoms with Crippen LogP contribution in [0, 0.1) is 34.5 Å². The number of fused-ring (bicyclic) bond motifs is 5. The van der Waals surface area contributed by atoms with Crippen molar-refractivity contribution < 1.29 is 14.7 Å². The minimum atomic E-state index is -0.451. The fraction of sp³-hybridized carbons (Fsp3) is 0.833. The molecule has 0 aromatic heterocycles. The van der Waals surface area contributed by atoms with Gasteiger partial charge < -0.3 is 10.0 Å². The predicted molar refractivity (Wildman–Crippen MR) is 110 cm³/mol. The van der Waals surface area contributed by atoms with Crippen molar-refractivity contribution in [1.82, 2.24) is 4.90 Å². The Kier molecular flexibility index (Phi) is 5.01. The summed E-state index contributed by atoms with van der Waals surface area (Å²) in [5, 5.41) is 11.3. The summed E-state index contributed by atoms with van der Waals surface area (Å²) in [5.74, 6) is 2.07. The van der Waals surface area contributed by atoms with Crippen LogP contribution in [0.15, 0.2) is 11.6 Å². The van der Waals surface area contributed by atoms with E-state index in [0.717, 1.165) is 45.2 Å². The average Bonchev–Trinajstić information content (AvgIpc) is 2.86. The first-order valence-corrected chi connectivity index (χ1v) is 11.4. The molecular weight excluding hydrogens is 350 g/mol. The molecule has 1 heterocycles. The van der Waals surface area contributed by atoms with Crippen LogP contribution in [0.3, 0.4) is 0 Å². The highest BCUT2D eigenvalue weighted by atomic mass is 16.3. The van der Waals surface area contributed by atoms with Gasteiger partial charge in [0.15, 0.2) is 5.78 Å². The molecule has 3 unspecified atom stereocenters. The third-order valence-electron chi connectivity index (χ3n) is 8.69. The van der Waals surface area contributed by atoms with Gasteiger partial charge in [-0.2, -0.15) is 0 Å². The maximum Gasteiger partial charge on any atom is 0.228 e. The highest BCUT2D eigenvalue weighted by Crippen LogP contribution is 2.63. The molecule has 28 heavy (non-hydrogen) atoms. The number of aliphatic hydroxyl groups excluding tert-OH is 1.